The van der Waals surface area contributed by atoms with Crippen LogP contribution < -0.4 is 0 Å². The molecule has 1 saturated heterocycles. The van der Waals surface area contributed by atoms with Crippen molar-refractivity contribution in [2.45, 2.75) is 6.92 Å². The van der Waals surface area contributed by atoms with E-state index < -0.39 is 0 Å². The summed E-state index contributed by atoms with van der Waals surface area (Å²) in [5, 5.41) is 8.73. The number of urea groups is 1. The van der Waals surface area contributed by atoms with Crippen LogP contribution in [-0.4, -0.2) is 54.2 Å². The van der Waals surface area contributed by atoms with Crippen LogP contribution in [0.3, 0.4) is 0 Å². The summed E-state index contributed by atoms with van der Waals surface area (Å²) in [4.78, 5) is 14.8. The van der Waals surface area contributed by atoms with E-state index in [9.17, 15) is 4.79 Å². The van der Waals surface area contributed by atoms with Crippen molar-refractivity contribution in [2.24, 2.45) is 5.92 Å². The lowest BCUT2D eigenvalue weighted by molar-refractivity contribution is 0.0636. The molecule has 0 aromatic heterocycles. The Morgan fingerprint density at radius 2 is 2.25 bits per heavy atom. The molecule has 1 heterocycles. The van der Waals surface area contributed by atoms with E-state index in [1.807, 2.05) is 6.92 Å². The molecule has 0 unspecified atom stereocenters. The van der Waals surface area contributed by atoms with Crippen LogP contribution in [0.2, 0.25) is 0 Å². The zero-order valence-electron chi connectivity index (χ0n) is 7.66. The Kier molecular flexibility index (Phi) is 2.92. The fourth-order valence-corrected chi connectivity index (χ4v) is 1.22. The fourth-order valence-electron chi connectivity index (χ4n) is 1.22. The average Bonchev–Trinajstić information content (AvgIpc) is 2.01. The highest BCUT2D eigenvalue weighted by Gasteiger charge is 2.30. The van der Waals surface area contributed by atoms with Crippen LogP contribution in [0.5, 0.6) is 0 Å². The number of amides is 2. The lowest BCUT2D eigenvalue weighted by atomic mass is 10.0. The van der Waals surface area contributed by atoms with E-state index in [0.717, 1.165) is 6.54 Å². The monoisotopic (exact) mass is 172 g/mol. The smallest absolute Gasteiger partial charge is 0.319 e. The number of carbonyl (C=O) groups excluding carboxylic acids is 1. The summed E-state index contributed by atoms with van der Waals surface area (Å²) in [6, 6.07) is 0.0715. The number of hydrogen-bond donors (Lipinski definition) is 1. The zero-order valence-corrected chi connectivity index (χ0v) is 7.66. The van der Waals surface area contributed by atoms with Gasteiger partial charge in [-0.3, -0.25) is 0 Å². The molecular formula is C8H16N2O2. The zero-order chi connectivity index (χ0) is 9.14. The van der Waals surface area contributed by atoms with E-state index in [0.29, 0.717) is 19.0 Å². The van der Waals surface area contributed by atoms with Crippen molar-refractivity contribution in [3.63, 3.8) is 0 Å². The van der Waals surface area contributed by atoms with Gasteiger partial charge < -0.3 is 14.9 Å². The molecule has 12 heavy (non-hydrogen) atoms. The number of likely N-dealkylation sites (tertiary alicyclic amines) is 1. The second kappa shape index (κ2) is 3.76. The number of aliphatic hydroxyl groups is 1. The van der Waals surface area contributed by atoms with Crippen LogP contribution in [0.25, 0.3) is 0 Å². The summed E-state index contributed by atoms with van der Waals surface area (Å²) in [7, 11) is 1.79. The molecule has 4 heteroatoms. The molecule has 4 nitrogen and oxygen atoms in total. The number of hydrogen-bond acceptors (Lipinski definition) is 2. The molecule has 0 aliphatic carbocycles. The SMILES string of the molecule is CCN(C)C(=O)N1CC(CO)C1. The molecule has 2 amide bonds. The van der Waals surface area contributed by atoms with Gasteiger partial charge in [-0.25, -0.2) is 4.79 Å². The Balaban J connectivity index is 2.28. The molecular weight excluding hydrogens is 156 g/mol. The first kappa shape index (κ1) is 9.32. The molecule has 1 fully saturated rings. The maximum atomic E-state index is 11.4. The molecule has 1 rings (SSSR count). The Morgan fingerprint density at radius 3 is 2.67 bits per heavy atom. The number of rotatable bonds is 2. The standard InChI is InChI=1S/C8H16N2O2/c1-3-9(2)8(12)10-4-7(5-10)6-11/h7,11H,3-6H2,1-2H3. The van der Waals surface area contributed by atoms with Gasteiger partial charge >= 0.3 is 6.03 Å². The summed E-state index contributed by atoms with van der Waals surface area (Å²) in [5.41, 5.74) is 0. The Bertz CT molecular complexity index is 166. The topological polar surface area (TPSA) is 43.8 Å². The van der Waals surface area contributed by atoms with Crippen LogP contribution in [0.15, 0.2) is 0 Å². The Labute approximate surface area is 72.8 Å². The normalized spacial score (nSPS) is 17.4. The van der Waals surface area contributed by atoms with E-state index in [-0.39, 0.29) is 12.6 Å². The van der Waals surface area contributed by atoms with Gasteiger partial charge in [0.15, 0.2) is 0 Å². The molecule has 1 N–H and O–H groups in total. The molecule has 0 radical (unpaired) electrons. The van der Waals surface area contributed by atoms with E-state index >= 15 is 0 Å². The molecule has 0 aromatic rings. The summed E-state index contributed by atoms with van der Waals surface area (Å²) >= 11 is 0. The van der Waals surface area contributed by atoms with Crippen LogP contribution in [0, 0.1) is 5.92 Å². The van der Waals surface area contributed by atoms with Crippen LogP contribution in [0.1, 0.15) is 6.92 Å². The predicted octanol–water partition coefficient (Wildman–Crippen LogP) is -0.0178. The van der Waals surface area contributed by atoms with Gasteiger partial charge in [0.25, 0.3) is 0 Å². The molecule has 0 spiro atoms. The van der Waals surface area contributed by atoms with Gasteiger partial charge in [-0.05, 0) is 6.92 Å². The van der Waals surface area contributed by atoms with E-state index in [4.69, 9.17) is 5.11 Å². The van der Waals surface area contributed by atoms with Gasteiger partial charge in [0.2, 0.25) is 0 Å². The summed E-state index contributed by atoms with van der Waals surface area (Å²) in [6.07, 6.45) is 0. The molecule has 70 valence electrons. The van der Waals surface area contributed by atoms with Crippen molar-refractivity contribution >= 4 is 6.03 Å². The van der Waals surface area contributed by atoms with Gasteiger partial charge in [-0.15, -0.1) is 0 Å². The van der Waals surface area contributed by atoms with Gasteiger partial charge in [-0.1, -0.05) is 0 Å². The first-order chi connectivity index (χ1) is 5.69. The highest BCUT2D eigenvalue weighted by atomic mass is 16.3. The Morgan fingerprint density at radius 1 is 1.67 bits per heavy atom. The fraction of sp³-hybridized carbons (Fsp3) is 0.875. The molecule has 0 saturated carbocycles. The number of aliphatic hydroxyl groups excluding tert-OH is 1. The third-order valence-corrected chi connectivity index (χ3v) is 2.29. The first-order valence-corrected chi connectivity index (χ1v) is 4.30. The summed E-state index contributed by atoms with van der Waals surface area (Å²) < 4.78 is 0. The Hall–Kier alpha value is -0.770. The largest absolute Gasteiger partial charge is 0.396 e. The molecule has 0 atom stereocenters. The van der Waals surface area contributed by atoms with Gasteiger partial charge in [-0.2, -0.15) is 0 Å². The quantitative estimate of drug-likeness (QED) is 0.636. The van der Waals surface area contributed by atoms with Crippen molar-refractivity contribution in [3.8, 4) is 0 Å². The highest BCUT2D eigenvalue weighted by Crippen LogP contribution is 2.15. The van der Waals surface area contributed by atoms with Gasteiger partial charge in [0.1, 0.15) is 0 Å². The summed E-state index contributed by atoms with van der Waals surface area (Å²) in [6.45, 7) is 4.29. The molecule has 1 aliphatic rings. The summed E-state index contributed by atoms with van der Waals surface area (Å²) in [5.74, 6) is 0.305. The average molecular weight is 172 g/mol. The van der Waals surface area contributed by atoms with Gasteiger partial charge in [0, 0.05) is 39.2 Å². The second-order valence-electron chi connectivity index (χ2n) is 3.25. The first-order valence-electron chi connectivity index (χ1n) is 4.30. The minimum atomic E-state index is 0.0715. The van der Waals surface area contributed by atoms with Crippen LogP contribution in [0.4, 0.5) is 4.79 Å². The van der Waals surface area contributed by atoms with Crippen molar-refractivity contribution in [1.29, 1.82) is 0 Å². The number of carbonyl (C=O) groups is 1. The van der Waals surface area contributed by atoms with Crippen molar-refractivity contribution < 1.29 is 9.90 Å². The maximum absolute atomic E-state index is 11.4. The van der Waals surface area contributed by atoms with E-state index in [1.165, 1.54) is 0 Å². The second-order valence-corrected chi connectivity index (χ2v) is 3.25. The molecule has 0 bridgehead atoms. The van der Waals surface area contributed by atoms with E-state index in [1.54, 1.807) is 16.8 Å². The minimum Gasteiger partial charge on any atom is -0.396 e. The number of nitrogens with zero attached hydrogens (tertiary/aromatic N) is 2. The maximum Gasteiger partial charge on any atom is 0.319 e. The highest BCUT2D eigenvalue weighted by molar-refractivity contribution is 5.74. The lowest BCUT2D eigenvalue weighted by Crippen LogP contribution is -2.55. The van der Waals surface area contributed by atoms with Crippen molar-refractivity contribution in [3.05, 3.63) is 0 Å². The predicted molar refractivity (Wildman–Crippen MR) is 45.8 cm³/mol. The minimum absolute atomic E-state index is 0.0715. The van der Waals surface area contributed by atoms with Crippen LogP contribution in [-0.2, 0) is 0 Å². The van der Waals surface area contributed by atoms with Crippen molar-refractivity contribution in [1.82, 2.24) is 9.80 Å². The van der Waals surface area contributed by atoms with E-state index in [2.05, 4.69) is 0 Å². The molecule has 1 aliphatic heterocycles. The van der Waals surface area contributed by atoms with Gasteiger partial charge in [0.05, 0.1) is 0 Å². The van der Waals surface area contributed by atoms with Crippen LogP contribution >= 0.6 is 0 Å². The lowest BCUT2D eigenvalue weighted by Gasteiger charge is -2.40. The third kappa shape index (κ3) is 1.69. The molecule has 0 aromatic carbocycles. The third-order valence-electron chi connectivity index (χ3n) is 2.29. The van der Waals surface area contributed by atoms with Crippen molar-refractivity contribution in [2.75, 3.05) is 33.3 Å².